The van der Waals surface area contributed by atoms with E-state index in [0.29, 0.717) is 5.69 Å². The summed E-state index contributed by atoms with van der Waals surface area (Å²) in [6.07, 6.45) is 3.49. The fraction of sp³-hybridized carbons (Fsp3) is 0.650. The molecule has 3 rings (SSSR count). The third-order valence-corrected chi connectivity index (χ3v) is 8.02. The molecule has 1 aliphatic heterocycles. The lowest BCUT2D eigenvalue weighted by atomic mass is 10.2. The standard InChI is InChI=1S/C20H31N3O3S/c1-2-22-12-14-23(15-13-22)18-9-7-17(8-10-18)21-20(24)11-16-27(25,26)19-5-3-4-6-19/h7-10,19H,2-6,11-16H2,1H3,(H,21,24). The van der Waals surface area contributed by atoms with E-state index in [9.17, 15) is 13.2 Å². The minimum absolute atomic E-state index is 0.0273. The summed E-state index contributed by atoms with van der Waals surface area (Å²) in [5, 5.41) is 2.58. The van der Waals surface area contributed by atoms with Crippen molar-refractivity contribution in [1.29, 1.82) is 0 Å². The maximum atomic E-state index is 12.3. The number of carbonyl (C=O) groups is 1. The highest BCUT2D eigenvalue weighted by Crippen LogP contribution is 2.25. The Morgan fingerprint density at radius 2 is 1.70 bits per heavy atom. The third kappa shape index (κ3) is 5.45. The SMILES string of the molecule is CCN1CCN(c2ccc(NC(=O)CCS(=O)(=O)C3CCCC3)cc2)CC1. The van der Waals surface area contributed by atoms with Crippen molar-refractivity contribution in [1.82, 2.24) is 4.90 Å². The second-order valence-electron chi connectivity index (χ2n) is 7.54. The molecule has 0 aromatic heterocycles. The van der Waals surface area contributed by atoms with Crippen LogP contribution in [-0.4, -0.2) is 63.0 Å². The topological polar surface area (TPSA) is 69.7 Å². The molecule has 0 atom stereocenters. The van der Waals surface area contributed by atoms with Gasteiger partial charge in [0.05, 0.1) is 11.0 Å². The van der Waals surface area contributed by atoms with E-state index in [2.05, 4.69) is 22.0 Å². The summed E-state index contributed by atoms with van der Waals surface area (Å²) >= 11 is 0. The first-order valence-corrected chi connectivity index (χ1v) is 11.8. The Kier molecular flexibility index (Phi) is 6.76. The van der Waals surface area contributed by atoms with Crippen LogP contribution in [0, 0.1) is 0 Å². The van der Waals surface area contributed by atoms with Crippen LogP contribution in [0.3, 0.4) is 0 Å². The number of likely N-dealkylation sites (N-methyl/N-ethyl adjacent to an activating group) is 1. The monoisotopic (exact) mass is 393 g/mol. The van der Waals surface area contributed by atoms with E-state index in [1.165, 1.54) is 0 Å². The van der Waals surface area contributed by atoms with Gasteiger partial charge in [0.1, 0.15) is 0 Å². The smallest absolute Gasteiger partial charge is 0.225 e. The Hall–Kier alpha value is -1.60. The molecule has 2 aliphatic rings. The molecule has 27 heavy (non-hydrogen) atoms. The van der Waals surface area contributed by atoms with E-state index in [4.69, 9.17) is 0 Å². The van der Waals surface area contributed by atoms with Crippen LogP contribution in [0.4, 0.5) is 11.4 Å². The molecule has 1 saturated heterocycles. The highest BCUT2D eigenvalue weighted by Gasteiger charge is 2.28. The molecule has 1 aliphatic carbocycles. The fourth-order valence-corrected chi connectivity index (χ4v) is 5.81. The molecule has 1 N–H and O–H groups in total. The average molecular weight is 394 g/mol. The molecule has 1 aromatic carbocycles. The molecule has 150 valence electrons. The van der Waals surface area contributed by atoms with Gasteiger partial charge >= 0.3 is 0 Å². The van der Waals surface area contributed by atoms with Gasteiger partial charge in [-0.2, -0.15) is 0 Å². The molecular formula is C20H31N3O3S. The van der Waals surface area contributed by atoms with Crippen molar-refractivity contribution in [2.75, 3.05) is 48.7 Å². The van der Waals surface area contributed by atoms with E-state index >= 15 is 0 Å². The minimum Gasteiger partial charge on any atom is -0.369 e. The Labute approximate surface area is 162 Å². The van der Waals surface area contributed by atoms with Crippen molar-refractivity contribution in [2.45, 2.75) is 44.3 Å². The largest absolute Gasteiger partial charge is 0.369 e. The number of benzene rings is 1. The number of piperazine rings is 1. The fourth-order valence-electron chi connectivity index (χ4n) is 3.95. The minimum atomic E-state index is -3.15. The molecule has 6 nitrogen and oxygen atoms in total. The second-order valence-corrected chi connectivity index (χ2v) is 9.94. The molecule has 0 spiro atoms. The molecular weight excluding hydrogens is 362 g/mol. The van der Waals surface area contributed by atoms with Crippen molar-refractivity contribution < 1.29 is 13.2 Å². The number of anilines is 2. The third-order valence-electron chi connectivity index (χ3n) is 5.76. The van der Waals surface area contributed by atoms with Crippen molar-refractivity contribution in [3.63, 3.8) is 0 Å². The maximum absolute atomic E-state index is 12.3. The lowest BCUT2D eigenvalue weighted by molar-refractivity contribution is -0.115. The highest BCUT2D eigenvalue weighted by atomic mass is 32.2. The van der Waals surface area contributed by atoms with Crippen LogP contribution in [0.2, 0.25) is 0 Å². The molecule has 1 saturated carbocycles. The van der Waals surface area contributed by atoms with Crippen molar-refractivity contribution in [3.05, 3.63) is 24.3 Å². The molecule has 7 heteroatoms. The van der Waals surface area contributed by atoms with Crippen LogP contribution in [0.5, 0.6) is 0 Å². The first-order chi connectivity index (χ1) is 13.0. The zero-order valence-corrected chi connectivity index (χ0v) is 17.0. The molecule has 2 fully saturated rings. The summed E-state index contributed by atoms with van der Waals surface area (Å²) in [4.78, 5) is 16.9. The first kappa shape index (κ1) is 20.1. The van der Waals surface area contributed by atoms with Gasteiger partial charge in [-0.3, -0.25) is 4.79 Å². The number of carbonyl (C=O) groups excluding carboxylic acids is 1. The zero-order chi connectivity index (χ0) is 19.3. The zero-order valence-electron chi connectivity index (χ0n) is 16.2. The predicted molar refractivity (Wildman–Crippen MR) is 110 cm³/mol. The van der Waals surface area contributed by atoms with Crippen LogP contribution in [0.15, 0.2) is 24.3 Å². The number of hydrogen-bond donors (Lipinski definition) is 1. The summed E-state index contributed by atoms with van der Waals surface area (Å²) in [7, 11) is -3.15. The normalized spacial score (nSPS) is 19.4. The lowest BCUT2D eigenvalue weighted by Gasteiger charge is -2.35. The van der Waals surface area contributed by atoms with Gasteiger partial charge in [-0.25, -0.2) is 8.42 Å². The van der Waals surface area contributed by atoms with Gasteiger partial charge in [0, 0.05) is 44.0 Å². The molecule has 1 heterocycles. The Morgan fingerprint density at radius 3 is 2.30 bits per heavy atom. The number of nitrogens with one attached hydrogen (secondary N) is 1. The van der Waals surface area contributed by atoms with Crippen LogP contribution < -0.4 is 10.2 Å². The molecule has 1 aromatic rings. The van der Waals surface area contributed by atoms with E-state index in [1.54, 1.807) is 0 Å². The summed E-state index contributed by atoms with van der Waals surface area (Å²) < 4.78 is 24.5. The van der Waals surface area contributed by atoms with Crippen molar-refractivity contribution in [2.24, 2.45) is 0 Å². The van der Waals surface area contributed by atoms with Crippen LogP contribution in [0.25, 0.3) is 0 Å². The molecule has 0 radical (unpaired) electrons. The number of sulfone groups is 1. The maximum Gasteiger partial charge on any atom is 0.225 e. The Morgan fingerprint density at radius 1 is 1.07 bits per heavy atom. The Bertz CT molecular complexity index is 719. The van der Waals surface area contributed by atoms with Gasteiger partial charge in [-0.15, -0.1) is 0 Å². The summed E-state index contributed by atoms with van der Waals surface area (Å²) in [6, 6.07) is 7.83. The van der Waals surface area contributed by atoms with E-state index in [-0.39, 0.29) is 23.3 Å². The van der Waals surface area contributed by atoms with Crippen molar-refractivity contribution in [3.8, 4) is 0 Å². The number of rotatable bonds is 7. The van der Waals surface area contributed by atoms with E-state index in [0.717, 1.165) is 64.1 Å². The van der Waals surface area contributed by atoms with Gasteiger partial charge in [-0.1, -0.05) is 19.8 Å². The van der Waals surface area contributed by atoms with Crippen LogP contribution in [0.1, 0.15) is 39.0 Å². The number of hydrogen-bond acceptors (Lipinski definition) is 5. The lowest BCUT2D eigenvalue weighted by Crippen LogP contribution is -2.46. The van der Waals surface area contributed by atoms with Crippen molar-refractivity contribution >= 4 is 27.1 Å². The molecule has 1 amide bonds. The van der Waals surface area contributed by atoms with Gasteiger partial charge < -0.3 is 15.1 Å². The summed E-state index contributed by atoms with van der Waals surface area (Å²) in [5.41, 5.74) is 1.88. The van der Waals surface area contributed by atoms with E-state index in [1.807, 2.05) is 24.3 Å². The summed E-state index contributed by atoms with van der Waals surface area (Å²) in [6.45, 7) is 7.45. The predicted octanol–water partition coefficient (Wildman–Crippen LogP) is 2.51. The highest BCUT2D eigenvalue weighted by molar-refractivity contribution is 7.92. The quantitative estimate of drug-likeness (QED) is 0.771. The van der Waals surface area contributed by atoms with Crippen LogP contribution in [-0.2, 0) is 14.6 Å². The molecule has 0 unspecified atom stereocenters. The van der Waals surface area contributed by atoms with Gasteiger partial charge in [0.25, 0.3) is 0 Å². The summed E-state index contributed by atoms with van der Waals surface area (Å²) in [5.74, 6) is -0.288. The Balaban J connectivity index is 1.47. The second kappa shape index (κ2) is 9.06. The number of amides is 1. The average Bonchev–Trinajstić information content (AvgIpc) is 3.23. The van der Waals surface area contributed by atoms with Gasteiger partial charge in [-0.05, 0) is 43.7 Å². The van der Waals surface area contributed by atoms with Crippen LogP contribution >= 0.6 is 0 Å². The first-order valence-electron chi connectivity index (χ1n) is 10.1. The number of nitrogens with zero attached hydrogens (tertiary/aromatic N) is 2. The van der Waals surface area contributed by atoms with E-state index < -0.39 is 9.84 Å². The van der Waals surface area contributed by atoms with Gasteiger partial charge in [0.15, 0.2) is 9.84 Å². The molecule has 0 bridgehead atoms. The van der Waals surface area contributed by atoms with Gasteiger partial charge in [0.2, 0.25) is 5.91 Å².